The highest BCUT2D eigenvalue weighted by Crippen LogP contribution is 2.43. The largest absolute Gasteiger partial charge is 0.325 e. The Morgan fingerprint density at radius 1 is 1.40 bits per heavy atom. The zero-order valence-electron chi connectivity index (χ0n) is 8.79. The van der Waals surface area contributed by atoms with E-state index in [2.05, 4.69) is 23.3 Å². The molecule has 1 amide bonds. The maximum absolute atomic E-state index is 12.1. The summed E-state index contributed by atoms with van der Waals surface area (Å²) in [5.41, 5.74) is 1.91. The molecule has 3 rings (SSSR count). The molecule has 2 heterocycles. The predicted molar refractivity (Wildman–Crippen MR) is 58.9 cm³/mol. The van der Waals surface area contributed by atoms with Gasteiger partial charge in [0, 0.05) is 12.2 Å². The van der Waals surface area contributed by atoms with E-state index in [0.717, 1.165) is 25.2 Å². The molecule has 3 heteroatoms. The van der Waals surface area contributed by atoms with Crippen LogP contribution in [0.2, 0.25) is 0 Å². The normalized spacial score (nSPS) is 29.5. The SMILES string of the molecule is CN1CC[C@@]2(C1)C(=O)Nc1ccccc12. The molecule has 0 radical (unpaired) electrons. The third-order valence-electron chi connectivity index (χ3n) is 3.59. The van der Waals surface area contributed by atoms with E-state index in [0.29, 0.717) is 0 Å². The fraction of sp³-hybridized carbons (Fsp3) is 0.417. The Labute approximate surface area is 89.1 Å². The number of para-hydroxylation sites is 1. The Bertz CT molecular complexity index is 429. The molecule has 1 fully saturated rings. The zero-order chi connectivity index (χ0) is 10.5. The summed E-state index contributed by atoms with van der Waals surface area (Å²) in [5.74, 6) is 0.174. The number of rotatable bonds is 0. The van der Waals surface area contributed by atoms with Crippen molar-refractivity contribution in [2.75, 3.05) is 25.5 Å². The summed E-state index contributed by atoms with van der Waals surface area (Å²) < 4.78 is 0. The van der Waals surface area contributed by atoms with E-state index in [4.69, 9.17) is 0 Å². The lowest BCUT2D eigenvalue weighted by atomic mass is 9.81. The van der Waals surface area contributed by atoms with Gasteiger partial charge < -0.3 is 10.2 Å². The van der Waals surface area contributed by atoms with Crippen molar-refractivity contribution < 1.29 is 4.79 Å². The lowest BCUT2D eigenvalue weighted by Gasteiger charge is -2.20. The van der Waals surface area contributed by atoms with E-state index in [1.54, 1.807) is 0 Å². The number of amides is 1. The van der Waals surface area contributed by atoms with Crippen molar-refractivity contribution in [3.05, 3.63) is 29.8 Å². The lowest BCUT2D eigenvalue weighted by molar-refractivity contribution is -0.120. The molecule has 2 aliphatic heterocycles. The van der Waals surface area contributed by atoms with Crippen molar-refractivity contribution in [3.8, 4) is 0 Å². The summed E-state index contributed by atoms with van der Waals surface area (Å²) in [5, 5.41) is 2.99. The van der Waals surface area contributed by atoms with Crippen LogP contribution in [0.3, 0.4) is 0 Å². The quantitative estimate of drug-likeness (QED) is 0.686. The maximum atomic E-state index is 12.1. The monoisotopic (exact) mass is 202 g/mol. The molecule has 0 unspecified atom stereocenters. The molecule has 0 aliphatic carbocycles. The summed E-state index contributed by atoms with van der Waals surface area (Å²) in [6, 6.07) is 8.04. The Kier molecular flexibility index (Phi) is 1.68. The van der Waals surface area contributed by atoms with Gasteiger partial charge in [-0.2, -0.15) is 0 Å². The number of likely N-dealkylation sites (tertiary alicyclic amines) is 1. The number of nitrogens with one attached hydrogen (secondary N) is 1. The fourth-order valence-corrected chi connectivity index (χ4v) is 2.78. The molecule has 1 saturated heterocycles. The topological polar surface area (TPSA) is 32.3 Å². The van der Waals surface area contributed by atoms with Gasteiger partial charge in [0.15, 0.2) is 0 Å². The van der Waals surface area contributed by atoms with Crippen molar-refractivity contribution in [2.24, 2.45) is 0 Å². The predicted octanol–water partition coefficient (Wildman–Crippen LogP) is 1.21. The molecule has 2 aliphatic rings. The third kappa shape index (κ3) is 1.07. The van der Waals surface area contributed by atoms with Crippen molar-refractivity contribution in [2.45, 2.75) is 11.8 Å². The molecule has 15 heavy (non-hydrogen) atoms. The molecule has 1 aromatic carbocycles. The minimum Gasteiger partial charge on any atom is -0.325 e. The van der Waals surface area contributed by atoms with Crippen LogP contribution in [-0.4, -0.2) is 30.9 Å². The van der Waals surface area contributed by atoms with Gasteiger partial charge in [-0.05, 0) is 31.6 Å². The number of carbonyl (C=O) groups is 1. The first-order valence-corrected chi connectivity index (χ1v) is 5.32. The van der Waals surface area contributed by atoms with Gasteiger partial charge in [0.05, 0.1) is 5.41 Å². The van der Waals surface area contributed by atoms with Crippen LogP contribution in [0.5, 0.6) is 0 Å². The number of benzene rings is 1. The molecule has 0 saturated carbocycles. The van der Waals surface area contributed by atoms with Gasteiger partial charge in [-0.1, -0.05) is 18.2 Å². The van der Waals surface area contributed by atoms with Gasteiger partial charge in [0.25, 0.3) is 0 Å². The van der Waals surface area contributed by atoms with Crippen LogP contribution in [-0.2, 0) is 10.2 Å². The van der Waals surface area contributed by atoms with Crippen LogP contribution in [0.25, 0.3) is 0 Å². The van der Waals surface area contributed by atoms with Crippen LogP contribution in [0.15, 0.2) is 24.3 Å². The molecule has 0 bridgehead atoms. The highest BCUT2D eigenvalue weighted by Gasteiger charge is 2.49. The standard InChI is InChI=1S/C12H14N2O/c1-14-7-6-12(8-14)9-4-2-3-5-10(9)13-11(12)15/h2-5H,6-8H2,1H3,(H,13,15)/t12-/m0/s1. The van der Waals surface area contributed by atoms with Gasteiger partial charge in [0.1, 0.15) is 0 Å². The molecule has 1 aromatic rings. The fourth-order valence-electron chi connectivity index (χ4n) is 2.78. The lowest BCUT2D eigenvalue weighted by Crippen LogP contribution is -2.36. The number of nitrogens with zero attached hydrogens (tertiary/aromatic N) is 1. The van der Waals surface area contributed by atoms with Crippen LogP contribution in [0.1, 0.15) is 12.0 Å². The highest BCUT2D eigenvalue weighted by atomic mass is 16.2. The smallest absolute Gasteiger partial charge is 0.236 e. The number of fused-ring (bicyclic) bond motifs is 2. The number of carbonyl (C=O) groups excluding carboxylic acids is 1. The van der Waals surface area contributed by atoms with Gasteiger partial charge in [-0.3, -0.25) is 4.79 Å². The van der Waals surface area contributed by atoms with Crippen molar-refractivity contribution in [1.29, 1.82) is 0 Å². The molecule has 1 N–H and O–H groups in total. The summed E-state index contributed by atoms with van der Waals surface area (Å²) in [6.07, 6.45) is 0.937. The van der Waals surface area contributed by atoms with Crippen molar-refractivity contribution in [3.63, 3.8) is 0 Å². The average Bonchev–Trinajstić information content (AvgIpc) is 2.73. The van der Waals surface area contributed by atoms with Crippen molar-refractivity contribution in [1.82, 2.24) is 4.90 Å². The van der Waals surface area contributed by atoms with Crippen LogP contribution < -0.4 is 5.32 Å². The Morgan fingerprint density at radius 3 is 2.93 bits per heavy atom. The van der Waals surface area contributed by atoms with Gasteiger partial charge in [-0.25, -0.2) is 0 Å². The molecule has 1 atom stereocenters. The first-order chi connectivity index (χ1) is 7.22. The average molecular weight is 202 g/mol. The molecule has 78 valence electrons. The van der Waals surface area contributed by atoms with Gasteiger partial charge in [-0.15, -0.1) is 0 Å². The Balaban J connectivity index is 2.13. The van der Waals surface area contributed by atoms with E-state index < -0.39 is 0 Å². The number of hydrogen-bond acceptors (Lipinski definition) is 2. The van der Waals surface area contributed by atoms with Crippen molar-refractivity contribution >= 4 is 11.6 Å². The third-order valence-corrected chi connectivity index (χ3v) is 3.59. The van der Waals surface area contributed by atoms with Crippen LogP contribution in [0.4, 0.5) is 5.69 Å². The summed E-state index contributed by atoms with van der Waals surface area (Å²) >= 11 is 0. The molecule has 1 spiro atoms. The van der Waals surface area contributed by atoms with E-state index in [9.17, 15) is 4.79 Å². The number of anilines is 1. The minimum absolute atomic E-state index is 0.174. The van der Waals surface area contributed by atoms with Crippen LogP contribution >= 0.6 is 0 Å². The number of likely N-dealkylation sites (N-methyl/N-ethyl adjacent to an activating group) is 1. The second-order valence-electron chi connectivity index (χ2n) is 4.57. The summed E-state index contributed by atoms with van der Waals surface area (Å²) in [4.78, 5) is 14.3. The Morgan fingerprint density at radius 2 is 2.20 bits per heavy atom. The summed E-state index contributed by atoms with van der Waals surface area (Å²) in [7, 11) is 2.07. The maximum Gasteiger partial charge on any atom is 0.236 e. The van der Waals surface area contributed by atoms with Gasteiger partial charge in [0.2, 0.25) is 5.91 Å². The second kappa shape index (κ2) is 2.83. The second-order valence-corrected chi connectivity index (χ2v) is 4.57. The first-order valence-electron chi connectivity index (χ1n) is 5.32. The summed E-state index contributed by atoms with van der Waals surface area (Å²) in [6.45, 7) is 1.84. The molecular weight excluding hydrogens is 188 g/mol. The molecular formula is C12H14N2O. The van der Waals surface area contributed by atoms with Gasteiger partial charge >= 0.3 is 0 Å². The van der Waals surface area contributed by atoms with E-state index in [-0.39, 0.29) is 11.3 Å². The zero-order valence-corrected chi connectivity index (χ0v) is 8.79. The molecule has 0 aromatic heterocycles. The Hall–Kier alpha value is -1.35. The first kappa shape index (κ1) is 8.92. The van der Waals surface area contributed by atoms with E-state index in [1.807, 2.05) is 18.2 Å². The highest BCUT2D eigenvalue weighted by molar-refractivity contribution is 6.06. The van der Waals surface area contributed by atoms with Crippen LogP contribution in [0, 0.1) is 0 Å². The minimum atomic E-state index is -0.272. The van der Waals surface area contributed by atoms with E-state index in [1.165, 1.54) is 5.56 Å². The van der Waals surface area contributed by atoms with E-state index >= 15 is 0 Å². The molecule has 3 nitrogen and oxygen atoms in total. The number of hydrogen-bond donors (Lipinski definition) is 1.